The molecular weight excluding hydrogens is 277 g/mol. The van der Waals surface area contributed by atoms with Crippen molar-refractivity contribution in [1.29, 1.82) is 0 Å². The zero-order valence-corrected chi connectivity index (χ0v) is 10.9. The van der Waals surface area contributed by atoms with E-state index in [9.17, 15) is 0 Å². The summed E-state index contributed by atoms with van der Waals surface area (Å²) < 4.78 is 5.49. The number of hydrogen-bond donors (Lipinski definition) is 0. The van der Waals surface area contributed by atoms with Gasteiger partial charge in [-0.25, -0.2) is 4.98 Å². The molecule has 86 valence electrons. The van der Waals surface area contributed by atoms with Crippen molar-refractivity contribution in [2.45, 2.75) is 0 Å². The van der Waals surface area contributed by atoms with Gasteiger partial charge in [0, 0.05) is 6.20 Å². The molecule has 0 aliphatic carbocycles. The molecule has 1 aromatic carbocycles. The minimum atomic E-state index is 0.246. The summed E-state index contributed by atoms with van der Waals surface area (Å²) in [6.07, 6.45) is 1.59. The summed E-state index contributed by atoms with van der Waals surface area (Å²) in [5, 5.41) is 1.05. The van der Waals surface area contributed by atoms with Crippen molar-refractivity contribution in [2.24, 2.45) is 0 Å². The standard InChI is InChI=1S/C12H7Cl2NOS/c13-9-5-1-2-6-10(9)16-12(17)8-4-3-7-15-11(8)14/h1-7H. The highest BCUT2D eigenvalue weighted by Gasteiger charge is 2.10. The fourth-order valence-electron chi connectivity index (χ4n) is 1.22. The molecule has 1 aromatic heterocycles. The van der Waals surface area contributed by atoms with Gasteiger partial charge in [0.1, 0.15) is 10.9 Å². The lowest BCUT2D eigenvalue weighted by molar-refractivity contribution is 0.566. The molecule has 0 N–H and O–H groups in total. The van der Waals surface area contributed by atoms with Crippen LogP contribution < -0.4 is 4.74 Å². The predicted octanol–water partition coefficient (Wildman–Crippen LogP) is 4.14. The van der Waals surface area contributed by atoms with Gasteiger partial charge < -0.3 is 4.74 Å². The number of ether oxygens (including phenoxy) is 1. The number of rotatable bonds is 2. The van der Waals surface area contributed by atoms with E-state index in [0.717, 1.165) is 0 Å². The second kappa shape index (κ2) is 5.45. The maximum absolute atomic E-state index is 5.96. The largest absolute Gasteiger partial charge is 0.444 e. The molecular formula is C12H7Cl2NOS. The van der Waals surface area contributed by atoms with Gasteiger partial charge in [0.05, 0.1) is 10.6 Å². The first-order valence-corrected chi connectivity index (χ1v) is 5.92. The van der Waals surface area contributed by atoms with Crippen LogP contribution in [0.3, 0.4) is 0 Å². The van der Waals surface area contributed by atoms with Crippen LogP contribution >= 0.6 is 35.4 Å². The number of para-hydroxylation sites is 1. The van der Waals surface area contributed by atoms with Crippen molar-refractivity contribution in [3.63, 3.8) is 0 Å². The Hall–Kier alpha value is -1.16. The van der Waals surface area contributed by atoms with E-state index in [2.05, 4.69) is 4.98 Å². The average Bonchev–Trinajstić information content (AvgIpc) is 2.32. The van der Waals surface area contributed by atoms with E-state index in [1.807, 2.05) is 12.1 Å². The molecule has 0 fully saturated rings. The molecule has 0 amide bonds. The predicted molar refractivity (Wildman–Crippen MR) is 73.0 cm³/mol. The van der Waals surface area contributed by atoms with E-state index < -0.39 is 0 Å². The Morgan fingerprint density at radius 1 is 1.12 bits per heavy atom. The smallest absolute Gasteiger partial charge is 0.201 e. The van der Waals surface area contributed by atoms with Crippen LogP contribution in [0.15, 0.2) is 42.6 Å². The van der Waals surface area contributed by atoms with E-state index >= 15 is 0 Å². The minimum absolute atomic E-state index is 0.246. The number of hydrogen-bond acceptors (Lipinski definition) is 3. The summed E-state index contributed by atoms with van der Waals surface area (Å²) >= 11 is 17.0. The first kappa shape index (κ1) is 12.3. The highest BCUT2D eigenvalue weighted by molar-refractivity contribution is 7.80. The Kier molecular flexibility index (Phi) is 3.94. The normalized spacial score (nSPS) is 10.0. The molecule has 0 atom stereocenters. The van der Waals surface area contributed by atoms with Gasteiger partial charge >= 0.3 is 0 Å². The van der Waals surface area contributed by atoms with Crippen molar-refractivity contribution in [2.75, 3.05) is 0 Å². The van der Waals surface area contributed by atoms with Crippen LogP contribution in [0.2, 0.25) is 10.2 Å². The molecule has 0 saturated heterocycles. The number of thiocarbonyl (C=S) groups is 1. The van der Waals surface area contributed by atoms with Gasteiger partial charge in [-0.3, -0.25) is 0 Å². The molecule has 2 rings (SSSR count). The Balaban J connectivity index is 2.24. The van der Waals surface area contributed by atoms with Crippen LogP contribution in [-0.2, 0) is 0 Å². The third kappa shape index (κ3) is 2.94. The number of pyridine rings is 1. The first-order chi connectivity index (χ1) is 8.18. The van der Waals surface area contributed by atoms with E-state index in [1.165, 1.54) is 0 Å². The Morgan fingerprint density at radius 2 is 1.88 bits per heavy atom. The van der Waals surface area contributed by atoms with E-state index in [4.69, 9.17) is 40.2 Å². The summed E-state index contributed by atoms with van der Waals surface area (Å²) in [7, 11) is 0. The minimum Gasteiger partial charge on any atom is -0.444 e. The Morgan fingerprint density at radius 3 is 2.59 bits per heavy atom. The fraction of sp³-hybridized carbons (Fsp3) is 0. The lowest BCUT2D eigenvalue weighted by Gasteiger charge is -2.08. The summed E-state index contributed by atoms with van der Waals surface area (Å²) in [4.78, 5) is 3.93. The molecule has 0 saturated carbocycles. The second-order valence-electron chi connectivity index (χ2n) is 3.16. The lowest BCUT2D eigenvalue weighted by Crippen LogP contribution is -2.08. The molecule has 2 nitrogen and oxygen atoms in total. The third-order valence-electron chi connectivity index (χ3n) is 2.02. The number of benzene rings is 1. The first-order valence-electron chi connectivity index (χ1n) is 4.75. The van der Waals surface area contributed by atoms with Gasteiger partial charge in [0.15, 0.2) is 0 Å². The van der Waals surface area contributed by atoms with E-state index in [-0.39, 0.29) is 5.05 Å². The molecule has 0 radical (unpaired) electrons. The second-order valence-corrected chi connectivity index (χ2v) is 4.30. The molecule has 0 bridgehead atoms. The molecule has 0 aliphatic rings. The van der Waals surface area contributed by atoms with Crippen LogP contribution in [0.1, 0.15) is 5.56 Å². The molecule has 5 heteroatoms. The van der Waals surface area contributed by atoms with Crippen LogP contribution in [0, 0.1) is 0 Å². The summed E-state index contributed by atoms with van der Waals surface area (Å²) in [5.41, 5.74) is 0.573. The average molecular weight is 284 g/mol. The van der Waals surface area contributed by atoms with Crippen LogP contribution in [0.25, 0.3) is 0 Å². The van der Waals surface area contributed by atoms with Gasteiger partial charge in [0.25, 0.3) is 0 Å². The van der Waals surface area contributed by atoms with Crippen LogP contribution in [0.4, 0.5) is 0 Å². The topological polar surface area (TPSA) is 22.1 Å². The molecule has 17 heavy (non-hydrogen) atoms. The molecule has 0 spiro atoms. The summed E-state index contributed by atoms with van der Waals surface area (Å²) in [6.45, 7) is 0. The van der Waals surface area contributed by atoms with Gasteiger partial charge in [-0.1, -0.05) is 35.3 Å². The molecule has 2 aromatic rings. The van der Waals surface area contributed by atoms with E-state index in [0.29, 0.717) is 21.5 Å². The highest BCUT2D eigenvalue weighted by Crippen LogP contribution is 2.25. The van der Waals surface area contributed by atoms with Crippen molar-refractivity contribution >= 4 is 40.5 Å². The van der Waals surface area contributed by atoms with E-state index in [1.54, 1.807) is 30.5 Å². The number of aromatic nitrogens is 1. The van der Waals surface area contributed by atoms with Crippen molar-refractivity contribution in [1.82, 2.24) is 4.98 Å². The lowest BCUT2D eigenvalue weighted by atomic mass is 10.3. The van der Waals surface area contributed by atoms with Gasteiger partial charge in [-0.15, -0.1) is 0 Å². The number of nitrogens with zero attached hydrogens (tertiary/aromatic N) is 1. The maximum Gasteiger partial charge on any atom is 0.201 e. The zero-order valence-electron chi connectivity index (χ0n) is 8.56. The molecule has 0 unspecified atom stereocenters. The van der Waals surface area contributed by atoms with Crippen molar-refractivity contribution < 1.29 is 4.74 Å². The van der Waals surface area contributed by atoms with Gasteiger partial charge in [-0.2, -0.15) is 0 Å². The highest BCUT2D eigenvalue weighted by atomic mass is 35.5. The molecule has 0 aliphatic heterocycles. The zero-order chi connectivity index (χ0) is 12.3. The molecule has 1 heterocycles. The summed E-state index contributed by atoms with van der Waals surface area (Å²) in [6, 6.07) is 10.6. The van der Waals surface area contributed by atoms with Crippen LogP contribution in [-0.4, -0.2) is 10.0 Å². The summed E-state index contributed by atoms with van der Waals surface area (Å²) in [5.74, 6) is 0.499. The SMILES string of the molecule is S=C(Oc1ccccc1Cl)c1cccnc1Cl. The maximum atomic E-state index is 5.96. The Labute approximate surface area is 114 Å². The van der Waals surface area contributed by atoms with Gasteiger partial charge in [0.2, 0.25) is 5.05 Å². The van der Waals surface area contributed by atoms with Gasteiger partial charge in [-0.05, 0) is 36.5 Å². The monoisotopic (exact) mass is 283 g/mol. The van der Waals surface area contributed by atoms with Crippen molar-refractivity contribution in [3.05, 3.63) is 58.3 Å². The fourth-order valence-corrected chi connectivity index (χ4v) is 1.91. The quantitative estimate of drug-likeness (QED) is 0.611. The third-order valence-corrected chi connectivity index (χ3v) is 2.93. The Bertz CT molecular complexity index is 560. The van der Waals surface area contributed by atoms with Crippen LogP contribution in [0.5, 0.6) is 5.75 Å². The number of halogens is 2. The van der Waals surface area contributed by atoms with Crippen molar-refractivity contribution in [3.8, 4) is 5.75 Å².